The maximum Gasteiger partial charge on any atom is 0.446 e. The number of halogens is 3. The first-order chi connectivity index (χ1) is 9.83. The van der Waals surface area contributed by atoms with E-state index in [4.69, 9.17) is 0 Å². The Morgan fingerprint density at radius 3 is 2.19 bits per heavy atom. The number of benzene rings is 2. The van der Waals surface area contributed by atoms with E-state index >= 15 is 0 Å². The third kappa shape index (κ3) is 5.01. The zero-order chi connectivity index (χ0) is 15.5. The molecule has 0 atom stereocenters. The number of rotatable bonds is 4. The zero-order valence-corrected chi connectivity index (χ0v) is 12.6. The lowest BCUT2D eigenvalue weighted by molar-refractivity contribution is -0.0328. The van der Waals surface area contributed by atoms with Crippen molar-refractivity contribution < 1.29 is 13.2 Å². The monoisotopic (exact) mass is 311 g/mol. The summed E-state index contributed by atoms with van der Waals surface area (Å²) in [5.41, 5.74) is 0.180. The largest absolute Gasteiger partial charge is 0.446 e. The van der Waals surface area contributed by atoms with E-state index in [9.17, 15) is 13.2 Å². The zero-order valence-electron chi connectivity index (χ0n) is 11.8. The lowest BCUT2D eigenvalue weighted by Crippen LogP contribution is -2.01. The molecule has 0 saturated heterocycles. The van der Waals surface area contributed by atoms with Gasteiger partial charge < -0.3 is 5.32 Å². The summed E-state index contributed by atoms with van der Waals surface area (Å²) in [7, 11) is 0. The van der Waals surface area contributed by atoms with Gasteiger partial charge in [0, 0.05) is 17.1 Å². The van der Waals surface area contributed by atoms with Gasteiger partial charge in [-0.3, -0.25) is 0 Å². The van der Waals surface area contributed by atoms with Gasteiger partial charge in [0.1, 0.15) is 0 Å². The van der Waals surface area contributed by atoms with E-state index in [1.165, 1.54) is 23.3 Å². The first kappa shape index (κ1) is 15.8. The van der Waals surface area contributed by atoms with Gasteiger partial charge in [0.05, 0.1) is 0 Å². The van der Waals surface area contributed by atoms with Gasteiger partial charge in [0.15, 0.2) is 0 Å². The molecule has 0 aliphatic rings. The van der Waals surface area contributed by atoms with Gasteiger partial charge in [-0.15, -0.1) is 0 Å². The smallest absolute Gasteiger partial charge is 0.381 e. The molecule has 21 heavy (non-hydrogen) atoms. The third-order valence-electron chi connectivity index (χ3n) is 3.16. The Labute approximate surface area is 126 Å². The van der Waals surface area contributed by atoms with E-state index in [0.29, 0.717) is 6.54 Å². The molecule has 0 aliphatic heterocycles. The summed E-state index contributed by atoms with van der Waals surface area (Å²) in [5.74, 6) is 0. The van der Waals surface area contributed by atoms with E-state index in [1.807, 2.05) is 6.07 Å². The van der Waals surface area contributed by atoms with Crippen molar-refractivity contribution in [3.8, 4) is 0 Å². The normalized spacial score (nSPS) is 11.5. The molecule has 112 valence electrons. The lowest BCUT2D eigenvalue weighted by atomic mass is 10.1. The average molecular weight is 311 g/mol. The number of hydrogen-bond donors (Lipinski definition) is 1. The Morgan fingerprint density at radius 2 is 1.62 bits per heavy atom. The van der Waals surface area contributed by atoms with Crippen molar-refractivity contribution >= 4 is 17.4 Å². The predicted molar refractivity (Wildman–Crippen MR) is 81.6 cm³/mol. The SMILES string of the molecule is Cc1ccc(CNc2ccc(SC(F)(F)F)cc2)cc1C. The van der Waals surface area contributed by atoms with Crippen LogP contribution in [0.25, 0.3) is 0 Å². The van der Waals surface area contributed by atoms with Gasteiger partial charge in [0.2, 0.25) is 0 Å². The molecule has 1 N–H and O–H groups in total. The highest BCUT2D eigenvalue weighted by Crippen LogP contribution is 2.37. The van der Waals surface area contributed by atoms with Crippen LogP contribution in [-0.2, 0) is 6.54 Å². The average Bonchev–Trinajstić information content (AvgIpc) is 2.40. The van der Waals surface area contributed by atoms with Crippen LogP contribution in [0.2, 0.25) is 0 Å². The first-order valence-corrected chi connectivity index (χ1v) is 7.31. The molecule has 1 nitrogen and oxygen atoms in total. The Balaban J connectivity index is 1.96. The summed E-state index contributed by atoms with van der Waals surface area (Å²) in [4.78, 5) is 0.194. The first-order valence-electron chi connectivity index (χ1n) is 6.49. The van der Waals surface area contributed by atoms with Crippen molar-refractivity contribution in [1.82, 2.24) is 0 Å². The lowest BCUT2D eigenvalue weighted by Gasteiger charge is -2.10. The van der Waals surface area contributed by atoms with E-state index in [2.05, 4.69) is 31.3 Å². The summed E-state index contributed by atoms with van der Waals surface area (Å²) in [6.07, 6.45) is 0. The van der Waals surface area contributed by atoms with E-state index in [1.54, 1.807) is 12.1 Å². The van der Waals surface area contributed by atoms with Crippen LogP contribution in [0.3, 0.4) is 0 Å². The molecule has 5 heteroatoms. The van der Waals surface area contributed by atoms with Crippen LogP contribution in [0, 0.1) is 13.8 Å². The molecule has 2 rings (SSSR count). The highest BCUT2D eigenvalue weighted by molar-refractivity contribution is 8.00. The molecule has 0 aromatic heterocycles. The molecular formula is C16H16F3NS. The summed E-state index contributed by atoms with van der Waals surface area (Å²) < 4.78 is 36.7. The quantitative estimate of drug-likeness (QED) is 0.745. The minimum absolute atomic E-state index is 0.100. The van der Waals surface area contributed by atoms with E-state index < -0.39 is 5.51 Å². The van der Waals surface area contributed by atoms with Gasteiger partial charge in [0.25, 0.3) is 0 Å². The summed E-state index contributed by atoms with van der Waals surface area (Å²) in [6, 6.07) is 12.5. The molecule has 2 aromatic rings. The Bertz CT molecular complexity index is 606. The van der Waals surface area contributed by atoms with Crippen molar-refractivity contribution in [2.45, 2.75) is 30.8 Å². The van der Waals surface area contributed by atoms with Gasteiger partial charge in [-0.25, -0.2) is 0 Å². The van der Waals surface area contributed by atoms with Gasteiger partial charge in [-0.05, 0) is 66.6 Å². The number of alkyl halides is 3. The Kier molecular flexibility index (Phi) is 4.83. The maximum atomic E-state index is 12.2. The van der Waals surface area contributed by atoms with Crippen LogP contribution in [0.5, 0.6) is 0 Å². The van der Waals surface area contributed by atoms with Crippen molar-refractivity contribution in [3.63, 3.8) is 0 Å². The van der Waals surface area contributed by atoms with Crippen LogP contribution >= 0.6 is 11.8 Å². The van der Waals surface area contributed by atoms with Crippen LogP contribution in [-0.4, -0.2) is 5.51 Å². The third-order valence-corrected chi connectivity index (χ3v) is 3.90. The number of anilines is 1. The van der Waals surface area contributed by atoms with Crippen LogP contribution in [0.1, 0.15) is 16.7 Å². The van der Waals surface area contributed by atoms with Crippen molar-refractivity contribution in [1.29, 1.82) is 0 Å². The van der Waals surface area contributed by atoms with Gasteiger partial charge in [-0.1, -0.05) is 18.2 Å². The molecule has 2 aromatic carbocycles. The highest BCUT2D eigenvalue weighted by atomic mass is 32.2. The van der Waals surface area contributed by atoms with Crippen LogP contribution in [0.4, 0.5) is 18.9 Å². The van der Waals surface area contributed by atoms with Crippen molar-refractivity contribution in [3.05, 3.63) is 59.2 Å². The Hall–Kier alpha value is -1.62. The molecule has 0 saturated carbocycles. The highest BCUT2D eigenvalue weighted by Gasteiger charge is 2.28. The molecule has 0 heterocycles. The van der Waals surface area contributed by atoms with Crippen molar-refractivity contribution in [2.75, 3.05) is 5.32 Å². The minimum atomic E-state index is -4.24. The minimum Gasteiger partial charge on any atom is -0.381 e. The van der Waals surface area contributed by atoms with Gasteiger partial charge >= 0.3 is 5.51 Å². The molecule has 0 aliphatic carbocycles. The predicted octanol–water partition coefficient (Wildman–Crippen LogP) is 5.53. The number of thioether (sulfide) groups is 1. The fraction of sp³-hybridized carbons (Fsp3) is 0.250. The maximum absolute atomic E-state index is 12.2. The van der Waals surface area contributed by atoms with E-state index in [-0.39, 0.29) is 16.7 Å². The molecule has 0 spiro atoms. The van der Waals surface area contributed by atoms with Crippen LogP contribution < -0.4 is 5.32 Å². The van der Waals surface area contributed by atoms with Crippen molar-refractivity contribution in [2.24, 2.45) is 0 Å². The van der Waals surface area contributed by atoms with Crippen LogP contribution in [0.15, 0.2) is 47.4 Å². The standard InChI is InChI=1S/C16H16F3NS/c1-11-3-4-13(9-12(11)2)10-20-14-5-7-15(8-6-14)21-16(17,18)19/h3-9,20H,10H2,1-2H3. The summed E-state index contributed by atoms with van der Waals surface area (Å²) in [5, 5.41) is 3.21. The molecular weight excluding hydrogens is 295 g/mol. The molecule has 0 amide bonds. The fourth-order valence-electron chi connectivity index (χ4n) is 1.89. The second kappa shape index (κ2) is 6.43. The number of aryl methyl sites for hydroxylation is 2. The second-order valence-electron chi connectivity index (χ2n) is 4.84. The summed E-state index contributed by atoms with van der Waals surface area (Å²) >= 11 is -0.100. The van der Waals surface area contributed by atoms with E-state index in [0.717, 1.165) is 11.3 Å². The van der Waals surface area contributed by atoms with Gasteiger partial charge in [-0.2, -0.15) is 13.2 Å². The topological polar surface area (TPSA) is 12.0 Å². The number of hydrogen-bond acceptors (Lipinski definition) is 2. The number of nitrogens with one attached hydrogen (secondary N) is 1. The summed E-state index contributed by atoms with van der Waals surface area (Å²) in [6.45, 7) is 4.76. The second-order valence-corrected chi connectivity index (χ2v) is 5.98. The molecule has 0 unspecified atom stereocenters. The Morgan fingerprint density at radius 1 is 0.952 bits per heavy atom. The molecule has 0 fully saturated rings. The fourth-order valence-corrected chi connectivity index (χ4v) is 2.43. The molecule has 0 bridgehead atoms. The molecule has 0 radical (unpaired) electrons.